The summed E-state index contributed by atoms with van der Waals surface area (Å²) in [6, 6.07) is 0. The number of hydrogen-bond acceptors (Lipinski definition) is 24. The highest BCUT2D eigenvalue weighted by molar-refractivity contribution is 7.47. The molecular weight excluding hydrogens is 1520 g/mol. The monoisotopic (exact) mass is 1700 g/mol. The quantitative estimate of drug-likeness (QED) is 0.0117. The highest BCUT2D eigenvalue weighted by Gasteiger charge is 2.60. The molecule has 690 valence electrons. The number of esters is 4. The smallest absolute Gasteiger partial charge is 0.463 e. The number of carbonyl (C=O) groups is 4. The van der Waals surface area contributed by atoms with Crippen LogP contribution in [-0.4, -0.2) is 205 Å². The highest BCUT2D eigenvalue weighted by Crippen LogP contribution is 2.49. The fourth-order valence-corrected chi connectivity index (χ4v) is 17.1. The zero-order valence-electron chi connectivity index (χ0n) is 73.7. The van der Waals surface area contributed by atoms with Crippen molar-refractivity contribution >= 4 is 31.7 Å². The number of aliphatic hydroxyl groups is 9. The minimum absolute atomic E-state index is 0.0192. The van der Waals surface area contributed by atoms with Crippen LogP contribution in [0.4, 0.5) is 0 Å². The average Bonchev–Trinajstić information content (AvgIpc) is 0.763. The highest BCUT2D eigenvalue weighted by atomic mass is 31.2. The topological polar surface area (TPSA) is 380 Å². The molecule has 19 atom stereocenters. The maximum absolute atomic E-state index is 14.9. The van der Waals surface area contributed by atoms with Crippen molar-refractivity contribution in [3.63, 3.8) is 0 Å². The number of ether oxygens (including phenoxy) is 8. The lowest BCUT2D eigenvalue weighted by Crippen LogP contribution is -2.70. The minimum atomic E-state index is -5.80. The van der Waals surface area contributed by atoms with Crippen LogP contribution in [0.2, 0.25) is 0 Å². The molecule has 3 rings (SSSR count). The van der Waals surface area contributed by atoms with Crippen molar-refractivity contribution in [1.82, 2.24) is 0 Å². The summed E-state index contributed by atoms with van der Waals surface area (Å²) in [4.78, 5) is 66.5. The van der Waals surface area contributed by atoms with Crippen molar-refractivity contribution in [2.75, 3.05) is 26.4 Å². The van der Waals surface area contributed by atoms with E-state index in [1.807, 2.05) is 0 Å². The van der Waals surface area contributed by atoms with Gasteiger partial charge < -0.3 is 88.7 Å². The third kappa shape index (κ3) is 50.3. The second-order valence-electron chi connectivity index (χ2n) is 34.5. The van der Waals surface area contributed by atoms with Crippen LogP contribution in [0.15, 0.2) is 0 Å². The van der Waals surface area contributed by atoms with Crippen LogP contribution in [0.3, 0.4) is 0 Å². The molecule has 1 aliphatic carbocycles. The van der Waals surface area contributed by atoms with Crippen LogP contribution < -0.4 is 0 Å². The van der Waals surface area contributed by atoms with Gasteiger partial charge in [-0.2, -0.15) is 0 Å². The van der Waals surface area contributed by atoms with Gasteiger partial charge in [0.1, 0.15) is 92.6 Å². The van der Waals surface area contributed by atoms with Crippen molar-refractivity contribution in [2.45, 2.75) is 524 Å². The zero-order chi connectivity index (χ0) is 85.5. The first-order valence-corrected chi connectivity index (χ1v) is 49.2. The molecule has 3 fully saturated rings. The van der Waals surface area contributed by atoms with Crippen molar-refractivity contribution in [2.24, 2.45) is 5.92 Å². The molecule has 0 bridgehead atoms. The van der Waals surface area contributed by atoms with Gasteiger partial charge >= 0.3 is 31.7 Å². The molecular formula is C91H171O25P. The molecule has 3 aliphatic rings. The van der Waals surface area contributed by atoms with Gasteiger partial charge in [-0.1, -0.05) is 369 Å². The van der Waals surface area contributed by atoms with Crippen molar-refractivity contribution < 1.29 is 122 Å². The molecule has 0 amide bonds. The number of phosphoric acid groups is 1. The first kappa shape index (κ1) is 109. The molecule has 10 N–H and O–H groups in total. The van der Waals surface area contributed by atoms with Gasteiger partial charge in [-0.3, -0.25) is 28.2 Å². The van der Waals surface area contributed by atoms with Crippen LogP contribution in [0.25, 0.3) is 0 Å². The molecule has 26 heteroatoms. The van der Waals surface area contributed by atoms with E-state index in [1.165, 1.54) is 199 Å². The predicted octanol–water partition coefficient (Wildman–Crippen LogP) is 17.6. The summed E-state index contributed by atoms with van der Waals surface area (Å²) in [6.45, 7) is 7.93. The largest absolute Gasteiger partial charge is 0.472 e. The second kappa shape index (κ2) is 69.7. The lowest BCUT2D eigenvalue weighted by Gasteiger charge is -2.50. The first-order valence-electron chi connectivity index (χ1n) is 47.7. The molecule has 1 saturated carbocycles. The molecule has 0 aromatic carbocycles. The van der Waals surface area contributed by atoms with Crippen molar-refractivity contribution in [3.8, 4) is 0 Å². The Kier molecular flexibility index (Phi) is 64.8. The number of rotatable bonds is 77. The maximum atomic E-state index is 14.9. The molecule has 0 radical (unpaired) electrons. The molecule has 2 heterocycles. The van der Waals surface area contributed by atoms with Gasteiger partial charge in [0.2, 0.25) is 0 Å². The van der Waals surface area contributed by atoms with Crippen molar-refractivity contribution in [3.05, 3.63) is 0 Å². The Morgan fingerprint density at radius 2 is 0.641 bits per heavy atom. The normalized spacial score (nSPS) is 25.3. The van der Waals surface area contributed by atoms with Gasteiger partial charge in [0.25, 0.3) is 0 Å². The van der Waals surface area contributed by atoms with E-state index in [2.05, 4.69) is 34.6 Å². The Bertz CT molecular complexity index is 2450. The van der Waals surface area contributed by atoms with Gasteiger partial charge in [-0.25, -0.2) is 4.57 Å². The Balaban J connectivity index is 1.92. The second-order valence-corrected chi connectivity index (χ2v) is 35.9. The van der Waals surface area contributed by atoms with Crippen LogP contribution in [0.5, 0.6) is 0 Å². The van der Waals surface area contributed by atoms with E-state index in [0.717, 1.165) is 128 Å². The molecule has 117 heavy (non-hydrogen) atoms. The Labute approximate surface area is 706 Å². The van der Waals surface area contributed by atoms with Crippen LogP contribution in [0.1, 0.15) is 420 Å². The summed E-state index contributed by atoms with van der Waals surface area (Å²) in [6.07, 6.45) is 25.3. The third-order valence-electron chi connectivity index (χ3n) is 23.8. The third-order valence-corrected chi connectivity index (χ3v) is 24.7. The molecule has 0 aromatic rings. The summed E-state index contributed by atoms with van der Waals surface area (Å²) >= 11 is 0. The lowest BCUT2D eigenvalue weighted by molar-refractivity contribution is -0.360. The number of carbonyl (C=O) groups excluding carboxylic acids is 4. The molecule has 0 spiro atoms. The lowest BCUT2D eigenvalue weighted by atomic mass is 9.84. The molecule has 2 saturated heterocycles. The molecule has 0 aromatic heterocycles. The fraction of sp³-hybridized carbons (Fsp3) is 0.956. The van der Waals surface area contributed by atoms with E-state index in [9.17, 15) is 74.6 Å². The van der Waals surface area contributed by atoms with Gasteiger partial charge in [0.15, 0.2) is 24.8 Å². The first-order chi connectivity index (χ1) is 56.6. The van der Waals surface area contributed by atoms with Gasteiger partial charge in [0, 0.05) is 25.7 Å². The van der Waals surface area contributed by atoms with E-state index < -0.39 is 162 Å². The fourth-order valence-electron chi connectivity index (χ4n) is 16.1. The Hall–Kier alpha value is -2.53. The van der Waals surface area contributed by atoms with E-state index in [4.69, 9.17) is 46.9 Å². The van der Waals surface area contributed by atoms with Crippen LogP contribution in [-0.2, 0) is 70.7 Å². The SMILES string of the molecule is CCCCCCCCCCCCCCCCCCC(=O)OCC(COP(=O)(O)OC1C(OC2OC(CO)C(O)C(O)C2O)C(O)C(O)C(OC(=O)CCCCCCCCC(C)CCCCCCCC)C1OC1OC(COC(=O)CCCCCCCCCCCCCCC)C(O)C(O)C1O)OC(=O)CCCCCCCCCCCCCCC. The number of phosphoric ester groups is 1. The zero-order valence-corrected chi connectivity index (χ0v) is 74.6. The Morgan fingerprint density at radius 1 is 0.333 bits per heavy atom. The summed E-state index contributed by atoms with van der Waals surface area (Å²) in [7, 11) is -5.80. The average molecular weight is 1700 g/mol. The summed E-state index contributed by atoms with van der Waals surface area (Å²) < 4.78 is 73.5. The summed E-state index contributed by atoms with van der Waals surface area (Å²) in [5.41, 5.74) is 0. The van der Waals surface area contributed by atoms with Crippen LogP contribution >= 0.6 is 7.82 Å². The van der Waals surface area contributed by atoms with Gasteiger partial charge in [0.05, 0.1) is 13.2 Å². The minimum Gasteiger partial charge on any atom is -0.463 e. The Morgan fingerprint density at radius 3 is 1.02 bits per heavy atom. The van der Waals surface area contributed by atoms with E-state index in [0.29, 0.717) is 38.0 Å². The van der Waals surface area contributed by atoms with Gasteiger partial charge in [-0.15, -0.1) is 0 Å². The molecule has 2 aliphatic heterocycles. The summed E-state index contributed by atoms with van der Waals surface area (Å²) in [5, 5.41) is 102. The molecule has 25 nitrogen and oxygen atoms in total. The van der Waals surface area contributed by atoms with E-state index in [1.54, 1.807) is 0 Å². The predicted molar refractivity (Wildman–Crippen MR) is 453 cm³/mol. The van der Waals surface area contributed by atoms with Crippen molar-refractivity contribution in [1.29, 1.82) is 0 Å². The maximum Gasteiger partial charge on any atom is 0.472 e. The summed E-state index contributed by atoms with van der Waals surface area (Å²) in [5.74, 6) is -2.32. The number of hydrogen-bond donors (Lipinski definition) is 10. The standard InChI is InChI=1S/C91H171O25P/c1-6-10-14-18-22-25-28-31-32-33-36-38-40-43-50-56-62-74(93)107-67-71(110-76(95)64-58-52-45-42-39-35-30-27-24-20-16-12-8-3)68-109-117(105,106)116-89-87(114-90-84(103)80(99)78(97)72(66-92)111-90)83(102)82(101)86(113-77(96)65-59-53-47-46-49-55-61-70(5)60-54-48-21-17-13-9-4)88(89)115-91-85(104)81(100)79(98)73(112-91)69-108-75(94)63-57-51-44-41-37-34-29-26-23-19-15-11-7-2/h70-73,78-92,97-104H,6-69H2,1-5H3,(H,105,106). The molecule has 19 unspecified atom stereocenters. The van der Waals surface area contributed by atoms with E-state index >= 15 is 0 Å². The van der Waals surface area contributed by atoms with Crippen LogP contribution in [0, 0.1) is 5.92 Å². The number of unbranched alkanes of at least 4 members (excludes halogenated alkanes) is 49. The number of aliphatic hydroxyl groups excluding tert-OH is 9. The van der Waals surface area contributed by atoms with Gasteiger partial charge in [-0.05, 0) is 31.6 Å². The van der Waals surface area contributed by atoms with E-state index in [-0.39, 0.29) is 25.7 Å².